The van der Waals surface area contributed by atoms with Crippen molar-refractivity contribution >= 4 is 5.91 Å². The number of nitrogens with zero attached hydrogens (tertiary/aromatic N) is 1. The highest BCUT2D eigenvalue weighted by molar-refractivity contribution is 5.94. The van der Waals surface area contributed by atoms with E-state index in [0.717, 1.165) is 63.8 Å². The van der Waals surface area contributed by atoms with Crippen molar-refractivity contribution in [3.8, 4) is 0 Å². The quantitative estimate of drug-likeness (QED) is 0.719. The number of aryl methyl sites for hydroxylation is 1. The van der Waals surface area contributed by atoms with Gasteiger partial charge in [0.25, 0.3) is 5.91 Å². The molecule has 1 amide bonds. The predicted octanol–water partition coefficient (Wildman–Crippen LogP) is 4.26. The number of hydrogen-bond donors (Lipinski definition) is 2. The second-order valence-corrected chi connectivity index (χ2v) is 8.82. The van der Waals surface area contributed by atoms with Gasteiger partial charge in [-0.25, -0.2) is 0 Å². The molecule has 0 aromatic heterocycles. The van der Waals surface area contributed by atoms with Gasteiger partial charge in [-0.15, -0.1) is 0 Å². The number of nitrogens with one attached hydrogen (secondary N) is 1. The molecule has 1 atom stereocenters. The maximum atomic E-state index is 13.2. The van der Waals surface area contributed by atoms with Gasteiger partial charge in [0, 0.05) is 25.3 Å². The summed E-state index contributed by atoms with van der Waals surface area (Å²) in [5.41, 5.74) is 3.43. The molecule has 28 heavy (non-hydrogen) atoms. The molecule has 0 spiro atoms. The lowest BCUT2D eigenvalue weighted by molar-refractivity contribution is 0.0685. The van der Waals surface area contributed by atoms with Crippen molar-refractivity contribution in [2.75, 3.05) is 32.8 Å². The first kappa shape index (κ1) is 21.3. The van der Waals surface area contributed by atoms with Gasteiger partial charge in [-0.05, 0) is 88.1 Å². The minimum atomic E-state index is 0.211. The maximum absolute atomic E-state index is 13.2. The van der Waals surface area contributed by atoms with Gasteiger partial charge < -0.3 is 15.3 Å². The smallest absolute Gasteiger partial charge is 0.253 e. The van der Waals surface area contributed by atoms with E-state index >= 15 is 0 Å². The summed E-state index contributed by atoms with van der Waals surface area (Å²) in [4.78, 5) is 15.2. The van der Waals surface area contributed by atoms with Gasteiger partial charge in [-0.3, -0.25) is 4.79 Å². The fraction of sp³-hybridized carbons (Fsp3) is 0.708. The van der Waals surface area contributed by atoms with Crippen molar-refractivity contribution in [2.45, 2.75) is 70.6 Å². The van der Waals surface area contributed by atoms with Crippen molar-refractivity contribution in [2.24, 2.45) is 5.92 Å². The summed E-state index contributed by atoms with van der Waals surface area (Å²) >= 11 is 0. The Balaban J connectivity index is 1.61. The van der Waals surface area contributed by atoms with Gasteiger partial charge in [0.1, 0.15) is 0 Å². The molecule has 2 N–H and O–H groups in total. The molecule has 2 aliphatic heterocycles. The van der Waals surface area contributed by atoms with Crippen LogP contribution in [0.1, 0.15) is 85.2 Å². The van der Waals surface area contributed by atoms with Crippen LogP contribution < -0.4 is 5.32 Å². The van der Waals surface area contributed by atoms with Gasteiger partial charge in [0.05, 0.1) is 0 Å². The zero-order chi connectivity index (χ0) is 19.8. The molecule has 1 aromatic rings. The summed E-state index contributed by atoms with van der Waals surface area (Å²) in [5, 5.41) is 12.5. The van der Waals surface area contributed by atoms with Gasteiger partial charge in [0.2, 0.25) is 0 Å². The molecular weight excluding hydrogens is 348 g/mol. The number of hydrogen-bond acceptors (Lipinski definition) is 3. The number of rotatable bonds is 6. The molecule has 0 radical (unpaired) electrons. The average Bonchev–Trinajstić information content (AvgIpc) is 2.67. The van der Waals surface area contributed by atoms with E-state index in [9.17, 15) is 4.79 Å². The fourth-order valence-electron chi connectivity index (χ4n) is 4.84. The van der Waals surface area contributed by atoms with Crippen molar-refractivity contribution in [3.05, 3.63) is 34.9 Å². The van der Waals surface area contributed by atoms with Crippen LogP contribution in [0.3, 0.4) is 0 Å². The van der Waals surface area contributed by atoms with E-state index < -0.39 is 0 Å². The Hall–Kier alpha value is -1.39. The Morgan fingerprint density at radius 1 is 1.07 bits per heavy atom. The minimum Gasteiger partial charge on any atom is -0.396 e. The van der Waals surface area contributed by atoms with E-state index in [-0.39, 0.29) is 5.91 Å². The van der Waals surface area contributed by atoms with Crippen LogP contribution in [0, 0.1) is 12.8 Å². The number of benzene rings is 1. The van der Waals surface area contributed by atoms with E-state index in [2.05, 4.69) is 35.3 Å². The minimum absolute atomic E-state index is 0.211. The Morgan fingerprint density at radius 3 is 2.68 bits per heavy atom. The molecule has 1 unspecified atom stereocenters. The monoisotopic (exact) mass is 386 g/mol. The first-order valence-corrected chi connectivity index (χ1v) is 11.4. The summed E-state index contributed by atoms with van der Waals surface area (Å²) in [5.74, 6) is 1.49. The summed E-state index contributed by atoms with van der Waals surface area (Å²) in [6, 6.07) is 6.53. The Bertz CT molecular complexity index is 615. The molecule has 2 aliphatic rings. The summed E-state index contributed by atoms with van der Waals surface area (Å²) in [7, 11) is 0. The van der Waals surface area contributed by atoms with Crippen LogP contribution in [0.25, 0.3) is 0 Å². The molecule has 0 bridgehead atoms. The van der Waals surface area contributed by atoms with Crippen LogP contribution in [0.4, 0.5) is 0 Å². The Labute approximate surface area is 170 Å². The fourth-order valence-corrected chi connectivity index (χ4v) is 4.84. The normalized spacial score (nSPS) is 21.9. The highest BCUT2D eigenvalue weighted by atomic mass is 16.2. The van der Waals surface area contributed by atoms with E-state index in [1.54, 1.807) is 0 Å². The molecule has 0 aliphatic carbocycles. The third-order valence-corrected chi connectivity index (χ3v) is 6.57. The van der Waals surface area contributed by atoms with E-state index in [4.69, 9.17) is 5.11 Å². The first-order valence-electron chi connectivity index (χ1n) is 11.4. The molecule has 156 valence electrons. The molecule has 2 saturated heterocycles. The highest BCUT2D eigenvalue weighted by Gasteiger charge is 2.24. The molecule has 4 heteroatoms. The zero-order valence-corrected chi connectivity index (χ0v) is 17.6. The summed E-state index contributed by atoms with van der Waals surface area (Å²) in [6.07, 6.45) is 10.3. The van der Waals surface area contributed by atoms with Crippen molar-refractivity contribution in [1.29, 1.82) is 0 Å². The van der Waals surface area contributed by atoms with Crippen molar-refractivity contribution < 1.29 is 9.90 Å². The van der Waals surface area contributed by atoms with Gasteiger partial charge in [0.15, 0.2) is 0 Å². The highest BCUT2D eigenvalue weighted by Crippen LogP contribution is 2.29. The van der Waals surface area contributed by atoms with E-state index in [0.29, 0.717) is 18.4 Å². The zero-order valence-electron chi connectivity index (χ0n) is 17.6. The summed E-state index contributed by atoms with van der Waals surface area (Å²) in [6.45, 7) is 6.38. The number of piperidine rings is 1. The number of unbranched alkanes of at least 4 members (excludes halogenated alkanes) is 1. The molecule has 2 fully saturated rings. The first-order chi connectivity index (χ1) is 13.7. The third-order valence-electron chi connectivity index (χ3n) is 6.57. The largest absolute Gasteiger partial charge is 0.396 e. The molecule has 1 aromatic carbocycles. The third kappa shape index (κ3) is 6.05. The molecule has 2 heterocycles. The number of aliphatic hydroxyl groups is 1. The van der Waals surface area contributed by atoms with Gasteiger partial charge in [-0.1, -0.05) is 30.9 Å². The standard InChI is InChI=1S/C24H38N2O2/c1-19-16-22(21-7-2-4-11-25-12-8-21)18-23(17-19)24(28)26-13-9-20(10-14-26)6-3-5-15-27/h16-18,20-21,25,27H,2-15H2,1H3. The van der Waals surface area contributed by atoms with Crippen molar-refractivity contribution in [1.82, 2.24) is 10.2 Å². The Kier molecular flexibility index (Phi) is 8.35. The molecule has 0 saturated carbocycles. The summed E-state index contributed by atoms with van der Waals surface area (Å²) < 4.78 is 0. The SMILES string of the molecule is Cc1cc(C(=O)N2CCC(CCCCO)CC2)cc(C2CCCCNCC2)c1. The topological polar surface area (TPSA) is 52.6 Å². The van der Waals surface area contributed by atoms with Gasteiger partial charge in [-0.2, -0.15) is 0 Å². The van der Waals surface area contributed by atoms with Crippen LogP contribution in [0.2, 0.25) is 0 Å². The Morgan fingerprint density at radius 2 is 1.89 bits per heavy atom. The lowest BCUT2D eigenvalue weighted by atomic mass is 9.87. The van der Waals surface area contributed by atoms with E-state index in [1.807, 2.05) is 0 Å². The maximum Gasteiger partial charge on any atom is 0.253 e. The second kappa shape index (κ2) is 11.0. The van der Waals surface area contributed by atoms with Crippen LogP contribution in [-0.4, -0.2) is 48.7 Å². The van der Waals surface area contributed by atoms with Crippen LogP contribution in [-0.2, 0) is 0 Å². The number of carbonyl (C=O) groups excluding carboxylic acids is 1. The van der Waals surface area contributed by atoms with E-state index in [1.165, 1.54) is 36.8 Å². The average molecular weight is 387 g/mol. The number of aliphatic hydroxyl groups excluding tert-OH is 1. The molecule has 3 rings (SSSR count). The predicted molar refractivity (Wildman–Crippen MR) is 115 cm³/mol. The number of likely N-dealkylation sites (tertiary alicyclic amines) is 1. The lowest BCUT2D eigenvalue weighted by Gasteiger charge is -2.32. The van der Waals surface area contributed by atoms with Crippen LogP contribution in [0.15, 0.2) is 18.2 Å². The number of carbonyl (C=O) groups is 1. The molecule has 4 nitrogen and oxygen atoms in total. The van der Waals surface area contributed by atoms with Crippen molar-refractivity contribution in [3.63, 3.8) is 0 Å². The van der Waals surface area contributed by atoms with Crippen LogP contribution in [0.5, 0.6) is 0 Å². The second-order valence-electron chi connectivity index (χ2n) is 8.82. The van der Waals surface area contributed by atoms with Gasteiger partial charge >= 0.3 is 0 Å². The number of amides is 1. The van der Waals surface area contributed by atoms with Crippen LogP contribution >= 0.6 is 0 Å². The lowest BCUT2D eigenvalue weighted by Crippen LogP contribution is -2.38. The molecular formula is C24H38N2O2.